The van der Waals surface area contributed by atoms with Crippen LogP contribution in [0.4, 0.5) is 16.0 Å². The number of halogens is 1. The summed E-state index contributed by atoms with van der Waals surface area (Å²) in [5.41, 5.74) is 1.09. The highest BCUT2D eigenvalue weighted by molar-refractivity contribution is 5.47. The highest BCUT2D eigenvalue weighted by Crippen LogP contribution is 2.11. The summed E-state index contributed by atoms with van der Waals surface area (Å²) in [7, 11) is 1.69. The molecule has 1 aromatic heterocycles. The Labute approximate surface area is 136 Å². The molecule has 0 fully saturated rings. The standard InChI is InChI=1S/C17H23FN4O/c1-13-21-16(19-9-3-11-23-2)12-17(22-13)20-10-8-14-4-6-15(18)7-5-14/h4-7,12H,3,8-11H2,1-2H3,(H2,19,20,21,22). The van der Waals surface area contributed by atoms with Crippen molar-refractivity contribution >= 4 is 11.6 Å². The van der Waals surface area contributed by atoms with Gasteiger partial charge in [-0.15, -0.1) is 0 Å². The molecule has 0 unspecified atom stereocenters. The van der Waals surface area contributed by atoms with Gasteiger partial charge in [0.15, 0.2) is 0 Å². The number of benzene rings is 1. The minimum atomic E-state index is -0.211. The van der Waals surface area contributed by atoms with E-state index in [0.29, 0.717) is 5.82 Å². The van der Waals surface area contributed by atoms with Crippen LogP contribution in [0.1, 0.15) is 17.8 Å². The van der Waals surface area contributed by atoms with Crippen LogP contribution in [0.25, 0.3) is 0 Å². The first kappa shape index (κ1) is 17.1. The number of nitrogens with one attached hydrogen (secondary N) is 2. The van der Waals surface area contributed by atoms with E-state index in [2.05, 4.69) is 20.6 Å². The predicted octanol–water partition coefficient (Wildman–Crippen LogP) is 3.03. The van der Waals surface area contributed by atoms with Crippen LogP contribution < -0.4 is 10.6 Å². The van der Waals surface area contributed by atoms with E-state index in [1.807, 2.05) is 13.0 Å². The van der Waals surface area contributed by atoms with Gasteiger partial charge in [-0.25, -0.2) is 14.4 Å². The van der Waals surface area contributed by atoms with Gasteiger partial charge in [-0.05, 0) is 37.5 Å². The van der Waals surface area contributed by atoms with Crippen molar-refractivity contribution in [2.45, 2.75) is 19.8 Å². The van der Waals surface area contributed by atoms with Gasteiger partial charge < -0.3 is 15.4 Å². The lowest BCUT2D eigenvalue weighted by molar-refractivity contribution is 0.198. The van der Waals surface area contributed by atoms with Crippen LogP contribution in [0.2, 0.25) is 0 Å². The summed E-state index contributed by atoms with van der Waals surface area (Å²) in [6.07, 6.45) is 1.73. The second-order valence-corrected chi connectivity index (χ2v) is 5.26. The highest BCUT2D eigenvalue weighted by Gasteiger charge is 2.02. The number of aromatic nitrogens is 2. The second kappa shape index (κ2) is 9.05. The van der Waals surface area contributed by atoms with Crippen LogP contribution in [0.3, 0.4) is 0 Å². The first-order chi connectivity index (χ1) is 11.2. The molecule has 5 nitrogen and oxygen atoms in total. The zero-order valence-corrected chi connectivity index (χ0v) is 13.6. The number of anilines is 2. The molecule has 0 amide bonds. The molecular formula is C17H23FN4O. The molecule has 2 aromatic rings. The molecule has 124 valence electrons. The molecule has 0 saturated heterocycles. The van der Waals surface area contributed by atoms with Crippen LogP contribution in [-0.2, 0) is 11.2 Å². The number of methoxy groups -OCH3 is 1. The zero-order chi connectivity index (χ0) is 16.5. The molecular weight excluding hydrogens is 295 g/mol. The molecule has 0 saturated carbocycles. The van der Waals surface area contributed by atoms with E-state index < -0.39 is 0 Å². The Balaban J connectivity index is 1.84. The van der Waals surface area contributed by atoms with E-state index in [1.54, 1.807) is 19.2 Å². The van der Waals surface area contributed by atoms with Gasteiger partial charge in [0.25, 0.3) is 0 Å². The summed E-state index contributed by atoms with van der Waals surface area (Å²) in [5.74, 6) is 2.09. The summed E-state index contributed by atoms with van der Waals surface area (Å²) < 4.78 is 17.9. The lowest BCUT2D eigenvalue weighted by atomic mass is 10.1. The van der Waals surface area contributed by atoms with Gasteiger partial charge in [0.1, 0.15) is 23.3 Å². The number of nitrogens with zero attached hydrogens (tertiary/aromatic N) is 2. The Kier molecular flexibility index (Phi) is 6.75. The molecule has 0 atom stereocenters. The van der Waals surface area contributed by atoms with Crippen molar-refractivity contribution in [2.24, 2.45) is 0 Å². The molecule has 0 radical (unpaired) electrons. The zero-order valence-electron chi connectivity index (χ0n) is 13.6. The SMILES string of the molecule is COCCCNc1cc(NCCc2ccc(F)cc2)nc(C)n1. The molecule has 0 aliphatic rings. The summed E-state index contributed by atoms with van der Waals surface area (Å²) in [6.45, 7) is 4.12. The molecule has 0 aliphatic heterocycles. The van der Waals surface area contributed by atoms with Crippen molar-refractivity contribution in [1.82, 2.24) is 9.97 Å². The fraction of sp³-hybridized carbons (Fsp3) is 0.412. The molecule has 0 bridgehead atoms. The lowest BCUT2D eigenvalue weighted by Gasteiger charge is -2.10. The van der Waals surface area contributed by atoms with Gasteiger partial charge in [-0.1, -0.05) is 12.1 Å². The minimum Gasteiger partial charge on any atom is -0.385 e. The van der Waals surface area contributed by atoms with Crippen molar-refractivity contribution in [2.75, 3.05) is 37.4 Å². The summed E-state index contributed by atoms with van der Waals surface area (Å²) in [6, 6.07) is 8.44. The maximum absolute atomic E-state index is 12.9. The summed E-state index contributed by atoms with van der Waals surface area (Å²) >= 11 is 0. The van der Waals surface area contributed by atoms with E-state index in [-0.39, 0.29) is 5.82 Å². The van der Waals surface area contributed by atoms with E-state index in [4.69, 9.17) is 4.74 Å². The van der Waals surface area contributed by atoms with Gasteiger partial charge in [-0.2, -0.15) is 0 Å². The average molecular weight is 318 g/mol. The number of hydrogen-bond acceptors (Lipinski definition) is 5. The number of rotatable bonds is 9. The number of hydrogen-bond donors (Lipinski definition) is 2. The van der Waals surface area contributed by atoms with Crippen LogP contribution >= 0.6 is 0 Å². The van der Waals surface area contributed by atoms with Crippen LogP contribution in [0.5, 0.6) is 0 Å². The number of aryl methyl sites for hydroxylation is 1. The fourth-order valence-corrected chi connectivity index (χ4v) is 2.17. The van der Waals surface area contributed by atoms with Gasteiger partial charge in [0.05, 0.1) is 0 Å². The van der Waals surface area contributed by atoms with Gasteiger partial charge in [0, 0.05) is 32.9 Å². The third-order valence-corrected chi connectivity index (χ3v) is 3.30. The third-order valence-electron chi connectivity index (χ3n) is 3.30. The molecule has 6 heteroatoms. The normalized spacial score (nSPS) is 10.6. The summed E-state index contributed by atoms with van der Waals surface area (Å²) in [4.78, 5) is 8.74. The maximum Gasteiger partial charge on any atom is 0.131 e. The second-order valence-electron chi connectivity index (χ2n) is 5.26. The topological polar surface area (TPSA) is 59.1 Å². The monoisotopic (exact) mass is 318 g/mol. The third kappa shape index (κ3) is 6.20. The van der Waals surface area contributed by atoms with Gasteiger partial charge in [0.2, 0.25) is 0 Å². The van der Waals surface area contributed by atoms with Gasteiger partial charge >= 0.3 is 0 Å². The van der Waals surface area contributed by atoms with Crippen molar-refractivity contribution in [3.05, 3.63) is 47.5 Å². The molecule has 1 aromatic carbocycles. The maximum atomic E-state index is 12.9. The first-order valence-corrected chi connectivity index (χ1v) is 7.74. The molecule has 2 N–H and O–H groups in total. The Morgan fingerprint density at radius 3 is 2.35 bits per heavy atom. The van der Waals surface area contributed by atoms with E-state index in [9.17, 15) is 4.39 Å². The van der Waals surface area contributed by atoms with Gasteiger partial charge in [-0.3, -0.25) is 0 Å². The van der Waals surface area contributed by atoms with Crippen molar-refractivity contribution in [1.29, 1.82) is 0 Å². The van der Waals surface area contributed by atoms with Crippen molar-refractivity contribution < 1.29 is 9.13 Å². The van der Waals surface area contributed by atoms with Crippen LogP contribution in [-0.4, -0.2) is 36.8 Å². The molecule has 0 aliphatic carbocycles. The molecule has 23 heavy (non-hydrogen) atoms. The largest absolute Gasteiger partial charge is 0.385 e. The fourth-order valence-electron chi connectivity index (χ4n) is 2.17. The number of ether oxygens (including phenoxy) is 1. The minimum absolute atomic E-state index is 0.211. The Morgan fingerprint density at radius 2 is 1.70 bits per heavy atom. The predicted molar refractivity (Wildman–Crippen MR) is 90.3 cm³/mol. The quantitative estimate of drug-likeness (QED) is 0.696. The molecule has 0 spiro atoms. The van der Waals surface area contributed by atoms with Crippen molar-refractivity contribution in [3.63, 3.8) is 0 Å². The van der Waals surface area contributed by atoms with Crippen molar-refractivity contribution in [3.8, 4) is 0 Å². The Morgan fingerprint density at radius 1 is 1.04 bits per heavy atom. The molecule has 2 rings (SSSR count). The van der Waals surface area contributed by atoms with Crippen LogP contribution in [0.15, 0.2) is 30.3 Å². The van der Waals surface area contributed by atoms with E-state index in [1.165, 1.54) is 12.1 Å². The summed E-state index contributed by atoms with van der Waals surface area (Å²) in [5, 5.41) is 6.54. The lowest BCUT2D eigenvalue weighted by Crippen LogP contribution is -2.10. The average Bonchev–Trinajstić information content (AvgIpc) is 2.53. The Hall–Kier alpha value is -2.21. The smallest absolute Gasteiger partial charge is 0.131 e. The van der Waals surface area contributed by atoms with Crippen LogP contribution in [0, 0.1) is 12.7 Å². The van der Waals surface area contributed by atoms with E-state index in [0.717, 1.165) is 49.7 Å². The first-order valence-electron chi connectivity index (χ1n) is 7.74. The van der Waals surface area contributed by atoms with E-state index >= 15 is 0 Å². The Bertz CT molecular complexity index is 604. The highest BCUT2D eigenvalue weighted by atomic mass is 19.1. The molecule has 1 heterocycles.